The Morgan fingerprint density at radius 2 is 1.69 bits per heavy atom. The summed E-state index contributed by atoms with van der Waals surface area (Å²) in [7, 11) is 0. The van der Waals surface area contributed by atoms with Gasteiger partial charge in [-0.25, -0.2) is 0 Å². The van der Waals surface area contributed by atoms with Gasteiger partial charge < -0.3 is 10.8 Å². The predicted octanol–water partition coefficient (Wildman–Crippen LogP) is 2.29. The van der Waals surface area contributed by atoms with Crippen LogP contribution in [0.4, 0.5) is 0 Å². The molecule has 88 valence electrons. The van der Waals surface area contributed by atoms with Gasteiger partial charge in [0.2, 0.25) is 0 Å². The van der Waals surface area contributed by atoms with Gasteiger partial charge in [0.1, 0.15) is 0 Å². The average molecular weight is 219 g/mol. The molecule has 0 aliphatic heterocycles. The standard InChI is InChI=1S/C14H21NO/c1-13(2,3)10-4-6-11(7-5-10)14(16)8-12(15)9-14/h4-7,12,16H,8-9,15H2,1-3H3. The first-order valence-electron chi connectivity index (χ1n) is 5.90. The normalized spacial score (nSPS) is 29.9. The van der Waals surface area contributed by atoms with Crippen LogP contribution in [0.2, 0.25) is 0 Å². The third-order valence-corrected chi connectivity index (χ3v) is 3.49. The van der Waals surface area contributed by atoms with E-state index in [1.54, 1.807) is 0 Å². The zero-order chi connectivity index (χ0) is 12.0. The summed E-state index contributed by atoms with van der Waals surface area (Å²) in [6, 6.07) is 8.44. The Hall–Kier alpha value is -0.860. The van der Waals surface area contributed by atoms with Crippen molar-refractivity contribution >= 4 is 0 Å². The van der Waals surface area contributed by atoms with Crippen LogP contribution in [0, 0.1) is 0 Å². The van der Waals surface area contributed by atoms with Crippen molar-refractivity contribution in [1.29, 1.82) is 0 Å². The Kier molecular flexibility index (Phi) is 2.59. The molecular formula is C14H21NO. The molecule has 2 heteroatoms. The topological polar surface area (TPSA) is 46.2 Å². The molecule has 1 saturated carbocycles. The fraction of sp³-hybridized carbons (Fsp3) is 0.571. The van der Waals surface area contributed by atoms with Crippen LogP contribution in [0.3, 0.4) is 0 Å². The third kappa shape index (κ3) is 2.00. The number of hydrogen-bond donors (Lipinski definition) is 2. The van der Waals surface area contributed by atoms with Gasteiger partial charge in [0.15, 0.2) is 0 Å². The fourth-order valence-corrected chi connectivity index (χ4v) is 2.32. The summed E-state index contributed by atoms with van der Waals surface area (Å²) in [4.78, 5) is 0. The quantitative estimate of drug-likeness (QED) is 0.761. The van der Waals surface area contributed by atoms with E-state index in [0.717, 1.165) is 5.56 Å². The minimum Gasteiger partial charge on any atom is -0.385 e. The maximum atomic E-state index is 10.3. The summed E-state index contributed by atoms with van der Waals surface area (Å²) in [5.74, 6) is 0. The predicted molar refractivity (Wildman–Crippen MR) is 66.2 cm³/mol. The zero-order valence-electron chi connectivity index (χ0n) is 10.3. The van der Waals surface area contributed by atoms with Gasteiger partial charge in [-0.2, -0.15) is 0 Å². The number of aliphatic hydroxyl groups is 1. The molecule has 0 unspecified atom stereocenters. The molecule has 1 aliphatic rings. The summed E-state index contributed by atoms with van der Waals surface area (Å²) in [5, 5.41) is 10.3. The Morgan fingerprint density at radius 1 is 1.19 bits per heavy atom. The molecule has 0 saturated heterocycles. The first kappa shape index (κ1) is 11.6. The highest BCUT2D eigenvalue weighted by Crippen LogP contribution is 2.40. The summed E-state index contributed by atoms with van der Waals surface area (Å²) >= 11 is 0. The molecule has 2 nitrogen and oxygen atoms in total. The lowest BCUT2D eigenvalue weighted by Crippen LogP contribution is -2.49. The van der Waals surface area contributed by atoms with E-state index < -0.39 is 5.60 Å². The van der Waals surface area contributed by atoms with Gasteiger partial charge in [0.05, 0.1) is 5.60 Å². The molecular weight excluding hydrogens is 198 g/mol. The van der Waals surface area contributed by atoms with Crippen LogP contribution in [0.25, 0.3) is 0 Å². The summed E-state index contributed by atoms with van der Waals surface area (Å²) in [5.41, 5.74) is 7.52. The van der Waals surface area contributed by atoms with Crippen molar-refractivity contribution in [3.63, 3.8) is 0 Å². The number of benzene rings is 1. The molecule has 0 atom stereocenters. The van der Waals surface area contributed by atoms with E-state index >= 15 is 0 Å². The van der Waals surface area contributed by atoms with E-state index in [1.807, 2.05) is 12.1 Å². The Labute approximate surface area is 97.5 Å². The van der Waals surface area contributed by atoms with Gasteiger partial charge in [-0.1, -0.05) is 45.0 Å². The Balaban J connectivity index is 2.20. The Bertz CT molecular complexity index is 369. The highest BCUT2D eigenvalue weighted by Gasteiger charge is 2.42. The van der Waals surface area contributed by atoms with Crippen molar-refractivity contribution in [2.75, 3.05) is 0 Å². The number of hydrogen-bond acceptors (Lipinski definition) is 2. The molecule has 1 aromatic carbocycles. The SMILES string of the molecule is CC(C)(C)c1ccc(C2(O)CC(N)C2)cc1. The zero-order valence-corrected chi connectivity index (χ0v) is 10.3. The van der Waals surface area contributed by atoms with E-state index in [4.69, 9.17) is 5.73 Å². The van der Waals surface area contributed by atoms with Gasteiger partial charge in [-0.05, 0) is 29.4 Å². The minimum absolute atomic E-state index is 0.160. The van der Waals surface area contributed by atoms with Crippen molar-refractivity contribution in [2.45, 2.75) is 50.7 Å². The lowest BCUT2D eigenvalue weighted by atomic mass is 9.71. The van der Waals surface area contributed by atoms with Crippen LogP contribution >= 0.6 is 0 Å². The van der Waals surface area contributed by atoms with Gasteiger partial charge in [-0.3, -0.25) is 0 Å². The van der Waals surface area contributed by atoms with E-state index in [1.165, 1.54) is 5.56 Å². The summed E-state index contributed by atoms with van der Waals surface area (Å²) in [6.45, 7) is 6.57. The summed E-state index contributed by atoms with van der Waals surface area (Å²) < 4.78 is 0. The lowest BCUT2D eigenvalue weighted by molar-refractivity contribution is -0.0523. The molecule has 0 radical (unpaired) electrons. The van der Waals surface area contributed by atoms with Crippen molar-refractivity contribution in [3.8, 4) is 0 Å². The molecule has 3 N–H and O–H groups in total. The largest absolute Gasteiger partial charge is 0.385 e. The highest BCUT2D eigenvalue weighted by molar-refractivity contribution is 5.32. The molecule has 0 spiro atoms. The second kappa shape index (κ2) is 3.57. The average Bonchev–Trinajstić information content (AvgIpc) is 2.14. The third-order valence-electron chi connectivity index (χ3n) is 3.49. The minimum atomic E-state index is -0.671. The smallest absolute Gasteiger partial charge is 0.0926 e. The molecule has 0 aromatic heterocycles. The molecule has 0 heterocycles. The second-order valence-corrected chi connectivity index (χ2v) is 6.03. The Morgan fingerprint density at radius 3 is 2.06 bits per heavy atom. The fourth-order valence-electron chi connectivity index (χ4n) is 2.32. The van der Waals surface area contributed by atoms with Gasteiger partial charge >= 0.3 is 0 Å². The molecule has 1 fully saturated rings. The maximum absolute atomic E-state index is 10.3. The van der Waals surface area contributed by atoms with E-state index in [-0.39, 0.29) is 11.5 Å². The number of rotatable bonds is 1. The van der Waals surface area contributed by atoms with Crippen LogP contribution in [0.15, 0.2) is 24.3 Å². The van der Waals surface area contributed by atoms with E-state index in [2.05, 4.69) is 32.9 Å². The maximum Gasteiger partial charge on any atom is 0.0926 e. The van der Waals surface area contributed by atoms with Gasteiger partial charge in [-0.15, -0.1) is 0 Å². The molecule has 2 rings (SSSR count). The van der Waals surface area contributed by atoms with Crippen molar-refractivity contribution in [3.05, 3.63) is 35.4 Å². The summed E-state index contributed by atoms with van der Waals surface area (Å²) in [6.07, 6.45) is 1.36. The molecule has 0 amide bonds. The highest BCUT2D eigenvalue weighted by atomic mass is 16.3. The van der Waals surface area contributed by atoms with Crippen LogP contribution in [0.1, 0.15) is 44.7 Å². The van der Waals surface area contributed by atoms with Crippen LogP contribution in [0.5, 0.6) is 0 Å². The van der Waals surface area contributed by atoms with Gasteiger partial charge in [0, 0.05) is 6.04 Å². The van der Waals surface area contributed by atoms with E-state index in [9.17, 15) is 5.11 Å². The van der Waals surface area contributed by atoms with Crippen LogP contribution < -0.4 is 5.73 Å². The monoisotopic (exact) mass is 219 g/mol. The first-order chi connectivity index (χ1) is 7.31. The lowest BCUT2D eigenvalue weighted by Gasteiger charge is -2.42. The first-order valence-corrected chi connectivity index (χ1v) is 5.90. The van der Waals surface area contributed by atoms with Crippen LogP contribution in [-0.2, 0) is 11.0 Å². The molecule has 0 bridgehead atoms. The number of nitrogens with two attached hydrogens (primary N) is 1. The van der Waals surface area contributed by atoms with Crippen LogP contribution in [-0.4, -0.2) is 11.1 Å². The van der Waals surface area contributed by atoms with E-state index in [0.29, 0.717) is 12.8 Å². The molecule has 1 aromatic rings. The van der Waals surface area contributed by atoms with Crippen molar-refractivity contribution < 1.29 is 5.11 Å². The second-order valence-electron chi connectivity index (χ2n) is 6.03. The molecule has 16 heavy (non-hydrogen) atoms. The van der Waals surface area contributed by atoms with Crippen molar-refractivity contribution in [2.24, 2.45) is 5.73 Å². The molecule has 1 aliphatic carbocycles. The van der Waals surface area contributed by atoms with Crippen molar-refractivity contribution in [1.82, 2.24) is 0 Å². The van der Waals surface area contributed by atoms with Gasteiger partial charge in [0.25, 0.3) is 0 Å².